The van der Waals surface area contributed by atoms with Gasteiger partial charge in [-0.05, 0) is 62.3 Å². The van der Waals surface area contributed by atoms with Gasteiger partial charge in [-0.2, -0.15) is 0 Å². The number of carbonyl (C=O) groups is 2. The number of nitrogens with one attached hydrogen (secondary N) is 1. The lowest BCUT2D eigenvalue weighted by atomic mass is 10.1. The Labute approximate surface area is 182 Å². The van der Waals surface area contributed by atoms with E-state index in [-0.39, 0.29) is 29.8 Å². The Kier molecular flexibility index (Phi) is 6.43. The third-order valence-corrected chi connectivity index (χ3v) is 7.54. The third-order valence-electron chi connectivity index (χ3n) is 5.85. The summed E-state index contributed by atoms with van der Waals surface area (Å²) < 4.78 is 30.6. The minimum atomic E-state index is -3.62. The number of likely N-dealkylation sites (tertiary alicyclic amines) is 1. The van der Waals surface area contributed by atoms with Crippen LogP contribution in [-0.4, -0.2) is 50.5 Å². The summed E-state index contributed by atoms with van der Waals surface area (Å²) in [7, 11) is -3.62. The number of anilines is 1. The molecule has 0 aliphatic carbocycles. The molecular formula is C22H27N3O5S. The van der Waals surface area contributed by atoms with E-state index in [0.717, 1.165) is 36.0 Å². The molecule has 0 saturated carbocycles. The fourth-order valence-electron chi connectivity index (χ4n) is 4.21. The van der Waals surface area contributed by atoms with Crippen LogP contribution < -0.4 is 9.62 Å². The van der Waals surface area contributed by atoms with Crippen molar-refractivity contribution in [2.24, 2.45) is 0 Å². The summed E-state index contributed by atoms with van der Waals surface area (Å²) in [6.45, 7) is 2.34. The van der Waals surface area contributed by atoms with E-state index >= 15 is 0 Å². The second kappa shape index (κ2) is 9.23. The van der Waals surface area contributed by atoms with Crippen LogP contribution in [0.3, 0.4) is 0 Å². The van der Waals surface area contributed by atoms with E-state index in [1.54, 1.807) is 18.4 Å². The molecule has 8 nitrogen and oxygen atoms in total. The topological polar surface area (TPSA) is 99.9 Å². The Bertz CT molecular complexity index is 1010. The summed E-state index contributed by atoms with van der Waals surface area (Å²) in [6, 6.07) is 9.82. The van der Waals surface area contributed by atoms with E-state index in [1.807, 2.05) is 12.1 Å². The molecule has 2 aliphatic rings. The summed E-state index contributed by atoms with van der Waals surface area (Å²) >= 11 is 0. The van der Waals surface area contributed by atoms with E-state index in [0.29, 0.717) is 12.1 Å². The van der Waals surface area contributed by atoms with Crippen LogP contribution in [0.1, 0.15) is 54.3 Å². The molecule has 2 aromatic rings. The Balaban J connectivity index is 1.44. The molecule has 1 N–H and O–H groups in total. The number of amides is 2. The first-order valence-corrected chi connectivity index (χ1v) is 12.3. The summed E-state index contributed by atoms with van der Waals surface area (Å²) in [5, 5.41) is 2.98. The van der Waals surface area contributed by atoms with Crippen LogP contribution in [0.2, 0.25) is 0 Å². The molecule has 2 aliphatic heterocycles. The number of sulfonamides is 1. The lowest BCUT2D eigenvalue weighted by Crippen LogP contribution is -2.38. The van der Waals surface area contributed by atoms with Crippen LogP contribution in [0.5, 0.6) is 0 Å². The van der Waals surface area contributed by atoms with Crippen LogP contribution in [0.25, 0.3) is 0 Å². The number of nitrogens with zero attached hydrogens (tertiary/aromatic N) is 2. The monoisotopic (exact) mass is 445 g/mol. The maximum absolute atomic E-state index is 12.7. The van der Waals surface area contributed by atoms with Crippen LogP contribution in [-0.2, 0) is 14.8 Å². The number of hydrogen-bond donors (Lipinski definition) is 1. The lowest BCUT2D eigenvalue weighted by molar-refractivity contribution is -0.116. The Morgan fingerprint density at radius 1 is 1.06 bits per heavy atom. The molecule has 1 atom stereocenters. The van der Waals surface area contributed by atoms with Crippen molar-refractivity contribution in [2.45, 2.75) is 38.1 Å². The van der Waals surface area contributed by atoms with Crippen molar-refractivity contribution in [3.05, 3.63) is 54.0 Å². The molecule has 166 valence electrons. The van der Waals surface area contributed by atoms with Gasteiger partial charge in [0.2, 0.25) is 15.9 Å². The largest absolute Gasteiger partial charge is 0.468 e. The highest BCUT2D eigenvalue weighted by atomic mass is 32.2. The van der Waals surface area contributed by atoms with Crippen LogP contribution in [0.15, 0.2) is 47.1 Å². The minimum Gasteiger partial charge on any atom is -0.468 e. The first kappa shape index (κ1) is 21.6. The van der Waals surface area contributed by atoms with E-state index in [4.69, 9.17) is 4.42 Å². The predicted molar refractivity (Wildman–Crippen MR) is 116 cm³/mol. The van der Waals surface area contributed by atoms with Gasteiger partial charge in [0.1, 0.15) is 5.76 Å². The number of furan rings is 1. The average molecular weight is 446 g/mol. The normalized spacial score (nSPS) is 20.4. The fourth-order valence-corrected chi connectivity index (χ4v) is 5.67. The molecule has 2 fully saturated rings. The number of benzene rings is 1. The van der Waals surface area contributed by atoms with Crippen molar-refractivity contribution in [3.63, 3.8) is 0 Å². The molecule has 2 amide bonds. The SMILES string of the molecule is O=C(NC[C@@H](c1ccco1)N1CCCCCC1)c1ccc(N2C(=O)CCS2(=O)=O)cc1. The van der Waals surface area contributed by atoms with Gasteiger partial charge in [0.05, 0.1) is 23.7 Å². The van der Waals surface area contributed by atoms with Gasteiger partial charge in [-0.15, -0.1) is 0 Å². The maximum atomic E-state index is 12.7. The molecule has 3 heterocycles. The summed E-state index contributed by atoms with van der Waals surface area (Å²) in [4.78, 5) is 27.0. The highest BCUT2D eigenvalue weighted by Crippen LogP contribution is 2.26. The zero-order chi connectivity index (χ0) is 21.8. The Hall–Kier alpha value is -2.65. The summed E-state index contributed by atoms with van der Waals surface area (Å²) in [5.41, 5.74) is 0.666. The molecule has 0 radical (unpaired) electrons. The van der Waals surface area contributed by atoms with Gasteiger partial charge in [0.15, 0.2) is 0 Å². The predicted octanol–water partition coefficient (Wildman–Crippen LogP) is 2.69. The smallest absolute Gasteiger partial charge is 0.251 e. The molecule has 9 heteroatoms. The van der Waals surface area contributed by atoms with Gasteiger partial charge in [-0.25, -0.2) is 12.7 Å². The highest BCUT2D eigenvalue weighted by molar-refractivity contribution is 7.94. The van der Waals surface area contributed by atoms with Crippen molar-refractivity contribution in [1.29, 1.82) is 0 Å². The van der Waals surface area contributed by atoms with E-state index in [9.17, 15) is 18.0 Å². The molecular weight excluding hydrogens is 418 g/mol. The van der Waals surface area contributed by atoms with Gasteiger partial charge in [0.25, 0.3) is 5.91 Å². The van der Waals surface area contributed by atoms with E-state index in [1.165, 1.54) is 25.0 Å². The fraction of sp³-hybridized carbons (Fsp3) is 0.455. The minimum absolute atomic E-state index is 0.0186. The number of carbonyl (C=O) groups excluding carboxylic acids is 2. The first-order chi connectivity index (χ1) is 15.0. The molecule has 0 spiro atoms. The van der Waals surface area contributed by atoms with Crippen LogP contribution in [0.4, 0.5) is 5.69 Å². The standard InChI is InChI=1S/C22H27N3O5S/c26-21-11-15-31(28,29)25(21)18-9-7-17(8-10-18)22(27)23-16-19(20-6-5-14-30-20)24-12-3-1-2-4-13-24/h5-10,14,19H,1-4,11-13,15-16H2,(H,23,27)/t19-/m0/s1. The van der Waals surface area contributed by atoms with Crippen LogP contribution in [0, 0.1) is 0 Å². The van der Waals surface area contributed by atoms with Crippen molar-refractivity contribution in [3.8, 4) is 0 Å². The molecule has 31 heavy (non-hydrogen) atoms. The van der Waals surface area contributed by atoms with Crippen LogP contribution >= 0.6 is 0 Å². The quantitative estimate of drug-likeness (QED) is 0.734. The average Bonchev–Trinajstić information content (AvgIpc) is 3.28. The van der Waals surface area contributed by atoms with Gasteiger partial charge in [-0.1, -0.05) is 12.8 Å². The highest BCUT2D eigenvalue weighted by Gasteiger charge is 2.36. The zero-order valence-corrected chi connectivity index (χ0v) is 18.1. The molecule has 1 aromatic carbocycles. The van der Waals surface area contributed by atoms with Crippen molar-refractivity contribution >= 4 is 27.5 Å². The number of rotatable bonds is 6. The summed E-state index contributed by atoms with van der Waals surface area (Å²) in [5.74, 6) is -0.0570. The van der Waals surface area contributed by atoms with E-state index < -0.39 is 15.9 Å². The second-order valence-electron chi connectivity index (χ2n) is 7.96. The second-order valence-corrected chi connectivity index (χ2v) is 9.90. The Morgan fingerprint density at radius 3 is 2.35 bits per heavy atom. The van der Waals surface area contributed by atoms with Gasteiger partial charge < -0.3 is 9.73 Å². The summed E-state index contributed by atoms with van der Waals surface area (Å²) in [6.07, 6.45) is 6.32. The molecule has 2 saturated heterocycles. The maximum Gasteiger partial charge on any atom is 0.251 e. The molecule has 0 unspecified atom stereocenters. The molecule has 4 rings (SSSR count). The van der Waals surface area contributed by atoms with Gasteiger partial charge in [0, 0.05) is 18.5 Å². The van der Waals surface area contributed by atoms with Gasteiger partial charge >= 0.3 is 0 Å². The van der Waals surface area contributed by atoms with Crippen molar-refractivity contribution in [2.75, 3.05) is 29.7 Å². The first-order valence-electron chi connectivity index (χ1n) is 10.7. The van der Waals surface area contributed by atoms with Crippen molar-refractivity contribution in [1.82, 2.24) is 10.2 Å². The Morgan fingerprint density at radius 2 is 1.77 bits per heavy atom. The van der Waals surface area contributed by atoms with Crippen molar-refractivity contribution < 1.29 is 22.4 Å². The lowest BCUT2D eigenvalue weighted by Gasteiger charge is -2.29. The van der Waals surface area contributed by atoms with E-state index in [2.05, 4.69) is 10.2 Å². The number of hydrogen-bond acceptors (Lipinski definition) is 6. The van der Waals surface area contributed by atoms with Gasteiger partial charge in [-0.3, -0.25) is 14.5 Å². The molecule has 1 aromatic heterocycles. The third kappa shape index (κ3) is 4.83. The molecule has 0 bridgehead atoms. The zero-order valence-electron chi connectivity index (χ0n) is 17.3.